The number of likely N-dealkylation sites (tertiary alicyclic amines) is 1. The highest BCUT2D eigenvalue weighted by Crippen LogP contribution is 2.69. The molecule has 4 heteroatoms. The molecule has 0 bridgehead atoms. The van der Waals surface area contributed by atoms with E-state index in [0.29, 0.717) is 23.4 Å². The maximum absolute atomic E-state index is 11.9. The normalized spacial score (nSPS) is 45.4. The van der Waals surface area contributed by atoms with Crippen molar-refractivity contribution in [1.29, 1.82) is 0 Å². The van der Waals surface area contributed by atoms with Gasteiger partial charge in [0.25, 0.3) is 0 Å². The lowest BCUT2D eigenvalue weighted by Crippen LogP contribution is -2.53. The highest BCUT2D eigenvalue weighted by Gasteiger charge is 2.64. The van der Waals surface area contributed by atoms with Gasteiger partial charge in [-0.1, -0.05) is 25.5 Å². The van der Waals surface area contributed by atoms with E-state index in [0.717, 1.165) is 50.3 Å². The van der Waals surface area contributed by atoms with Gasteiger partial charge in [0.2, 0.25) is 0 Å². The van der Waals surface area contributed by atoms with Gasteiger partial charge in [-0.25, -0.2) is 0 Å². The Morgan fingerprint density at radius 1 is 1.09 bits per heavy atom. The molecule has 0 unspecified atom stereocenters. The van der Waals surface area contributed by atoms with E-state index in [4.69, 9.17) is 9.15 Å². The van der Waals surface area contributed by atoms with Crippen molar-refractivity contribution < 1.29 is 14.3 Å². The second-order valence-corrected chi connectivity index (χ2v) is 12.4. The summed E-state index contributed by atoms with van der Waals surface area (Å²) in [7, 11) is 0. The molecule has 0 aromatic carbocycles. The Labute approximate surface area is 199 Å². The first-order valence-corrected chi connectivity index (χ1v) is 13.7. The predicted octanol–water partition coefficient (Wildman–Crippen LogP) is 5.91. The Morgan fingerprint density at radius 2 is 1.91 bits per heavy atom. The van der Waals surface area contributed by atoms with E-state index in [1.807, 2.05) is 6.07 Å². The molecule has 1 aromatic rings. The van der Waals surface area contributed by atoms with E-state index >= 15 is 0 Å². The molecule has 0 amide bonds. The summed E-state index contributed by atoms with van der Waals surface area (Å²) in [6, 6.07) is 1.99. The number of hydrogen-bond acceptors (Lipinski definition) is 4. The van der Waals surface area contributed by atoms with E-state index in [1.165, 1.54) is 51.6 Å². The van der Waals surface area contributed by atoms with Crippen molar-refractivity contribution in [2.24, 2.45) is 28.6 Å². The second kappa shape index (κ2) is 8.24. The number of fused-ring (bicyclic) bond motifs is 5. The standard InChI is InChI=1S/C29H43NO3/c1-27-11-7-23(33-18-16-30-14-3-4-15-30)19-21(27)5-6-24-25(27)8-12-28(2)26(24)9-13-29(28,31)22-10-17-32-20-22/h5,10,17,20,23-26,31H,3-4,6-9,11-16,18-19H2,1-2H3/t23-,24+,25-,26-,27-,28-,29+/m0/s1. The van der Waals surface area contributed by atoms with Gasteiger partial charge in [-0.05, 0) is 107 Å². The van der Waals surface area contributed by atoms with Gasteiger partial charge in [-0.2, -0.15) is 0 Å². The molecule has 6 rings (SSSR count). The molecule has 4 aliphatic carbocycles. The van der Waals surface area contributed by atoms with E-state index in [1.54, 1.807) is 18.1 Å². The molecule has 1 aromatic heterocycles. The SMILES string of the molecule is C[C@]12CC[C@H](OCCN3CCCC3)CC1=CC[C@@H]1[C@@H]2CC[C@@]2(C)[C@H]1CC[C@@]2(O)c1ccoc1. The molecule has 4 nitrogen and oxygen atoms in total. The number of aliphatic hydroxyl groups is 1. The van der Waals surface area contributed by atoms with Gasteiger partial charge < -0.3 is 19.2 Å². The molecule has 33 heavy (non-hydrogen) atoms. The lowest BCUT2D eigenvalue weighted by molar-refractivity contribution is -0.130. The molecule has 1 aliphatic heterocycles. The molecule has 1 N–H and O–H groups in total. The van der Waals surface area contributed by atoms with Gasteiger partial charge in [-0.15, -0.1) is 0 Å². The largest absolute Gasteiger partial charge is 0.472 e. The molecular weight excluding hydrogens is 410 g/mol. The quantitative estimate of drug-likeness (QED) is 0.563. The van der Waals surface area contributed by atoms with Crippen LogP contribution in [0.15, 0.2) is 34.7 Å². The Kier molecular flexibility index (Phi) is 5.59. The molecule has 0 radical (unpaired) electrons. The van der Waals surface area contributed by atoms with Crippen LogP contribution < -0.4 is 0 Å². The zero-order valence-electron chi connectivity index (χ0n) is 20.7. The first kappa shape index (κ1) is 22.4. The minimum atomic E-state index is -0.735. The van der Waals surface area contributed by atoms with E-state index in [9.17, 15) is 5.11 Å². The second-order valence-electron chi connectivity index (χ2n) is 12.4. The molecule has 0 spiro atoms. The summed E-state index contributed by atoms with van der Waals surface area (Å²) in [4.78, 5) is 2.56. The van der Waals surface area contributed by atoms with Gasteiger partial charge in [0, 0.05) is 17.5 Å². The maximum Gasteiger partial charge on any atom is 0.0983 e. The van der Waals surface area contributed by atoms with Crippen molar-refractivity contribution in [2.75, 3.05) is 26.2 Å². The predicted molar refractivity (Wildman–Crippen MR) is 130 cm³/mol. The monoisotopic (exact) mass is 453 g/mol. The number of rotatable bonds is 5. The van der Waals surface area contributed by atoms with Crippen LogP contribution in [0.4, 0.5) is 0 Å². The van der Waals surface area contributed by atoms with Crippen molar-refractivity contribution in [3.63, 3.8) is 0 Å². The topological polar surface area (TPSA) is 45.8 Å². The van der Waals surface area contributed by atoms with Crippen LogP contribution in [0, 0.1) is 28.6 Å². The smallest absolute Gasteiger partial charge is 0.0983 e. The van der Waals surface area contributed by atoms with Gasteiger partial charge >= 0.3 is 0 Å². The van der Waals surface area contributed by atoms with Crippen molar-refractivity contribution >= 4 is 0 Å². The van der Waals surface area contributed by atoms with E-state index < -0.39 is 5.60 Å². The summed E-state index contributed by atoms with van der Waals surface area (Å²) in [6.07, 6.45) is 18.4. The molecule has 5 aliphatic rings. The number of nitrogens with zero attached hydrogens (tertiary/aromatic N) is 1. The average Bonchev–Trinajstić information content (AvgIpc) is 3.56. The van der Waals surface area contributed by atoms with E-state index in [-0.39, 0.29) is 5.41 Å². The van der Waals surface area contributed by atoms with Crippen LogP contribution in [0.1, 0.15) is 83.6 Å². The summed E-state index contributed by atoms with van der Waals surface area (Å²) in [5.74, 6) is 2.05. The number of hydrogen-bond donors (Lipinski definition) is 1. The average molecular weight is 454 g/mol. The molecule has 1 saturated heterocycles. The van der Waals surface area contributed by atoms with Crippen LogP contribution >= 0.6 is 0 Å². The van der Waals surface area contributed by atoms with Crippen molar-refractivity contribution in [3.8, 4) is 0 Å². The van der Waals surface area contributed by atoms with Crippen LogP contribution in [0.2, 0.25) is 0 Å². The Morgan fingerprint density at radius 3 is 2.70 bits per heavy atom. The van der Waals surface area contributed by atoms with Crippen LogP contribution in [0.25, 0.3) is 0 Å². The third-order valence-electron chi connectivity index (χ3n) is 11.2. The lowest BCUT2D eigenvalue weighted by Gasteiger charge is -2.59. The van der Waals surface area contributed by atoms with Crippen molar-refractivity contribution in [2.45, 2.75) is 89.8 Å². The van der Waals surface area contributed by atoms with E-state index in [2.05, 4.69) is 24.8 Å². The fourth-order valence-electron chi connectivity index (χ4n) is 9.11. The molecule has 7 atom stereocenters. The first-order chi connectivity index (χ1) is 15.9. The van der Waals surface area contributed by atoms with Gasteiger partial charge in [0.05, 0.1) is 30.8 Å². The highest BCUT2D eigenvalue weighted by atomic mass is 16.5. The van der Waals surface area contributed by atoms with Crippen LogP contribution in [-0.2, 0) is 10.3 Å². The molecular formula is C29H43NO3. The summed E-state index contributed by atoms with van der Waals surface area (Å²) in [5, 5.41) is 11.9. The summed E-state index contributed by atoms with van der Waals surface area (Å²) < 4.78 is 11.8. The molecule has 3 saturated carbocycles. The summed E-state index contributed by atoms with van der Waals surface area (Å²) in [5.41, 5.74) is 2.23. The molecule has 4 fully saturated rings. The molecule has 182 valence electrons. The third kappa shape index (κ3) is 3.42. The van der Waals surface area contributed by atoms with Crippen LogP contribution in [-0.4, -0.2) is 42.4 Å². The Hall–Kier alpha value is -1.10. The minimum absolute atomic E-state index is 0.0460. The zero-order valence-corrected chi connectivity index (χ0v) is 20.7. The van der Waals surface area contributed by atoms with Gasteiger partial charge in [0.15, 0.2) is 0 Å². The van der Waals surface area contributed by atoms with Crippen LogP contribution in [0.3, 0.4) is 0 Å². The number of allylic oxidation sites excluding steroid dienone is 1. The van der Waals surface area contributed by atoms with Gasteiger partial charge in [0.1, 0.15) is 0 Å². The maximum atomic E-state index is 11.9. The summed E-state index contributed by atoms with van der Waals surface area (Å²) >= 11 is 0. The lowest BCUT2D eigenvalue weighted by atomic mass is 9.46. The fourth-order valence-corrected chi connectivity index (χ4v) is 9.11. The molecule has 2 heterocycles. The van der Waals surface area contributed by atoms with Crippen molar-refractivity contribution in [3.05, 3.63) is 35.8 Å². The third-order valence-corrected chi connectivity index (χ3v) is 11.2. The number of ether oxygens (including phenoxy) is 1. The number of furan rings is 1. The van der Waals surface area contributed by atoms with Crippen LogP contribution in [0.5, 0.6) is 0 Å². The fraction of sp³-hybridized carbons (Fsp3) is 0.793. The summed E-state index contributed by atoms with van der Waals surface area (Å²) in [6.45, 7) is 9.47. The first-order valence-electron chi connectivity index (χ1n) is 13.7. The zero-order chi connectivity index (χ0) is 22.7. The Bertz CT molecular complexity index is 873. The Balaban J connectivity index is 1.16. The van der Waals surface area contributed by atoms with Crippen molar-refractivity contribution in [1.82, 2.24) is 4.90 Å². The highest BCUT2D eigenvalue weighted by molar-refractivity contribution is 5.29. The van der Waals surface area contributed by atoms with Gasteiger partial charge in [-0.3, -0.25) is 0 Å². The minimum Gasteiger partial charge on any atom is -0.472 e.